The smallest absolute Gasteiger partial charge is 0.288 e. The highest BCUT2D eigenvalue weighted by atomic mass is 32.2. The lowest BCUT2D eigenvalue weighted by Gasteiger charge is -2.13. The van der Waals surface area contributed by atoms with Crippen LogP contribution in [0.2, 0.25) is 0 Å². The Balaban J connectivity index is 1.44. The minimum absolute atomic E-state index is 0.174. The SMILES string of the molecule is O=C(NCCN1C(=O)CSC1=O)c1ccn2cc(-c3ccccc3)nc2c1. The predicted octanol–water partition coefficient (Wildman–Crippen LogP) is 2.43. The topological polar surface area (TPSA) is 83.8 Å². The third-order valence-electron chi connectivity index (χ3n) is 4.25. The number of amides is 3. The number of hydrogen-bond acceptors (Lipinski definition) is 5. The van der Waals surface area contributed by atoms with Crippen LogP contribution in [0.4, 0.5) is 4.79 Å². The quantitative estimate of drug-likeness (QED) is 0.735. The van der Waals surface area contributed by atoms with E-state index in [1.54, 1.807) is 18.3 Å². The van der Waals surface area contributed by atoms with Crippen LogP contribution in [0, 0.1) is 0 Å². The van der Waals surface area contributed by atoms with E-state index < -0.39 is 0 Å². The third kappa shape index (κ3) is 3.56. The van der Waals surface area contributed by atoms with E-state index in [1.807, 2.05) is 40.9 Å². The summed E-state index contributed by atoms with van der Waals surface area (Å²) in [6, 6.07) is 13.2. The largest absolute Gasteiger partial charge is 0.350 e. The summed E-state index contributed by atoms with van der Waals surface area (Å²) in [5.74, 6) is -0.312. The van der Waals surface area contributed by atoms with E-state index in [9.17, 15) is 14.4 Å². The number of benzene rings is 1. The number of nitrogens with zero attached hydrogens (tertiary/aromatic N) is 3. The summed E-state index contributed by atoms with van der Waals surface area (Å²) in [5.41, 5.74) is 2.98. The second-order valence-corrected chi connectivity index (χ2v) is 6.96. The molecule has 1 aliphatic heterocycles. The molecule has 0 spiro atoms. The number of fused-ring (bicyclic) bond motifs is 1. The number of carbonyl (C=O) groups is 3. The Hall–Kier alpha value is -3.13. The van der Waals surface area contributed by atoms with Gasteiger partial charge in [-0.15, -0.1) is 0 Å². The van der Waals surface area contributed by atoms with E-state index in [0.29, 0.717) is 11.2 Å². The van der Waals surface area contributed by atoms with Gasteiger partial charge in [-0.3, -0.25) is 19.3 Å². The minimum Gasteiger partial charge on any atom is -0.350 e. The molecule has 1 N–H and O–H groups in total. The maximum atomic E-state index is 12.4. The van der Waals surface area contributed by atoms with E-state index in [-0.39, 0.29) is 35.9 Å². The monoisotopic (exact) mass is 380 g/mol. The van der Waals surface area contributed by atoms with E-state index in [2.05, 4.69) is 10.3 Å². The normalized spacial score (nSPS) is 14.1. The van der Waals surface area contributed by atoms with E-state index in [1.165, 1.54) is 0 Å². The fourth-order valence-corrected chi connectivity index (χ4v) is 3.60. The van der Waals surface area contributed by atoms with Crippen molar-refractivity contribution in [3.8, 4) is 11.3 Å². The maximum Gasteiger partial charge on any atom is 0.288 e. The average molecular weight is 380 g/mol. The van der Waals surface area contributed by atoms with Crippen molar-refractivity contribution in [2.24, 2.45) is 0 Å². The van der Waals surface area contributed by atoms with Crippen molar-refractivity contribution < 1.29 is 14.4 Å². The van der Waals surface area contributed by atoms with Gasteiger partial charge in [-0.05, 0) is 12.1 Å². The Kier molecular flexibility index (Phi) is 4.64. The van der Waals surface area contributed by atoms with Gasteiger partial charge in [-0.2, -0.15) is 0 Å². The van der Waals surface area contributed by atoms with Gasteiger partial charge in [0.15, 0.2) is 0 Å². The molecule has 8 heteroatoms. The van der Waals surface area contributed by atoms with Gasteiger partial charge < -0.3 is 9.72 Å². The Morgan fingerprint density at radius 2 is 2.00 bits per heavy atom. The summed E-state index contributed by atoms with van der Waals surface area (Å²) in [6.45, 7) is 0.395. The standard InChI is InChI=1S/C19H16N4O3S/c24-17-12-27-19(26)23(17)9-7-20-18(25)14-6-8-22-11-15(21-16(22)10-14)13-4-2-1-3-5-13/h1-6,8,10-11H,7,9,12H2,(H,20,25). The Bertz CT molecular complexity index is 1020. The minimum atomic E-state index is -0.270. The molecule has 2 aromatic heterocycles. The van der Waals surface area contributed by atoms with Gasteiger partial charge in [-0.1, -0.05) is 42.1 Å². The van der Waals surface area contributed by atoms with Crippen LogP contribution in [0.15, 0.2) is 54.9 Å². The summed E-state index contributed by atoms with van der Waals surface area (Å²) in [4.78, 5) is 41.2. The number of thioether (sulfide) groups is 1. The molecule has 0 unspecified atom stereocenters. The average Bonchev–Trinajstić information content (AvgIpc) is 3.26. The summed E-state index contributed by atoms with van der Waals surface area (Å²) in [7, 11) is 0. The summed E-state index contributed by atoms with van der Waals surface area (Å²) < 4.78 is 1.86. The molecule has 27 heavy (non-hydrogen) atoms. The maximum absolute atomic E-state index is 12.4. The number of imidazole rings is 1. The predicted molar refractivity (Wildman–Crippen MR) is 103 cm³/mol. The number of nitrogens with one attached hydrogen (secondary N) is 1. The number of rotatable bonds is 5. The molecule has 1 fully saturated rings. The summed E-state index contributed by atoms with van der Waals surface area (Å²) in [6.07, 6.45) is 3.70. The number of pyridine rings is 1. The molecule has 3 amide bonds. The summed E-state index contributed by atoms with van der Waals surface area (Å²) in [5, 5.41) is 2.48. The second kappa shape index (κ2) is 7.24. The first kappa shape index (κ1) is 17.3. The van der Waals surface area contributed by atoms with Crippen LogP contribution < -0.4 is 5.32 Å². The van der Waals surface area contributed by atoms with Crippen molar-refractivity contribution in [1.29, 1.82) is 0 Å². The van der Waals surface area contributed by atoms with Gasteiger partial charge in [0.1, 0.15) is 5.65 Å². The van der Waals surface area contributed by atoms with Gasteiger partial charge in [0.25, 0.3) is 11.1 Å². The molecule has 136 valence electrons. The fraction of sp³-hybridized carbons (Fsp3) is 0.158. The Morgan fingerprint density at radius 1 is 1.19 bits per heavy atom. The molecule has 7 nitrogen and oxygen atoms in total. The first-order valence-electron chi connectivity index (χ1n) is 8.41. The van der Waals surface area contributed by atoms with Gasteiger partial charge in [0.2, 0.25) is 5.91 Å². The molecule has 0 aliphatic carbocycles. The number of imide groups is 1. The first-order chi connectivity index (χ1) is 13.1. The van der Waals surface area contributed by atoms with Crippen molar-refractivity contribution in [1.82, 2.24) is 19.6 Å². The third-order valence-corrected chi connectivity index (χ3v) is 5.11. The first-order valence-corrected chi connectivity index (χ1v) is 9.40. The molecule has 1 aliphatic rings. The molecular weight excluding hydrogens is 364 g/mol. The highest BCUT2D eigenvalue weighted by molar-refractivity contribution is 8.14. The molecule has 4 rings (SSSR count). The Morgan fingerprint density at radius 3 is 2.74 bits per heavy atom. The van der Waals surface area contributed by atoms with E-state index in [4.69, 9.17) is 0 Å². The molecular formula is C19H16N4O3S. The second-order valence-electron chi connectivity index (χ2n) is 6.03. The van der Waals surface area contributed by atoms with E-state index >= 15 is 0 Å². The zero-order valence-electron chi connectivity index (χ0n) is 14.3. The lowest BCUT2D eigenvalue weighted by atomic mass is 10.2. The van der Waals surface area contributed by atoms with E-state index in [0.717, 1.165) is 27.9 Å². The van der Waals surface area contributed by atoms with Crippen LogP contribution >= 0.6 is 11.8 Å². The zero-order valence-corrected chi connectivity index (χ0v) is 15.1. The van der Waals surface area contributed by atoms with Crippen molar-refractivity contribution in [3.63, 3.8) is 0 Å². The lowest BCUT2D eigenvalue weighted by Crippen LogP contribution is -2.37. The zero-order chi connectivity index (χ0) is 18.8. The number of aromatic nitrogens is 2. The summed E-state index contributed by atoms with van der Waals surface area (Å²) >= 11 is 0.984. The van der Waals surface area contributed by atoms with Gasteiger partial charge in [0, 0.05) is 36.6 Å². The number of carbonyl (C=O) groups excluding carboxylic acids is 3. The van der Waals surface area contributed by atoms with Gasteiger partial charge in [0.05, 0.1) is 11.4 Å². The van der Waals surface area contributed by atoms with Crippen LogP contribution in [0.1, 0.15) is 10.4 Å². The van der Waals surface area contributed by atoms with Crippen molar-refractivity contribution in [2.75, 3.05) is 18.8 Å². The molecule has 0 atom stereocenters. The van der Waals surface area contributed by atoms with Crippen LogP contribution in [0.25, 0.3) is 16.9 Å². The fourth-order valence-electron chi connectivity index (χ4n) is 2.85. The van der Waals surface area contributed by atoms with Crippen LogP contribution in [-0.2, 0) is 4.79 Å². The van der Waals surface area contributed by atoms with Crippen molar-refractivity contribution in [3.05, 3.63) is 60.4 Å². The van der Waals surface area contributed by atoms with Crippen molar-refractivity contribution in [2.45, 2.75) is 0 Å². The van der Waals surface area contributed by atoms with Gasteiger partial charge in [-0.25, -0.2) is 4.98 Å². The van der Waals surface area contributed by atoms with Crippen LogP contribution in [-0.4, -0.2) is 50.2 Å². The molecule has 3 aromatic rings. The molecule has 0 saturated carbocycles. The molecule has 0 radical (unpaired) electrons. The highest BCUT2D eigenvalue weighted by Crippen LogP contribution is 2.19. The number of hydrogen-bond donors (Lipinski definition) is 1. The molecule has 3 heterocycles. The van der Waals surface area contributed by atoms with Crippen molar-refractivity contribution >= 4 is 34.5 Å². The lowest BCUT2D eigenvalue weighted by molar-refractivity contribution is -0.124. The molecule has 0 bridgehead atoms. The highest BCUT2D eigenvalue weighted by Gasteiger charge is 2.29. The van der Waals surface area contributed by atoms with Crippen LogP contribution in [0.5, 0.6) is 0 Å². The van der Waals surface area contributed by atoms with Gasteiger partial charge >= 0.3 is 0 Å². The Labute approximate surface area is 159 Å². The van der Waals surface area contributed by atoms with Crippen LogP contribution in [0.3, 0.4) is 0 Å². The molecule has 1 saturated heterocycles. The molecule has 1 aromatic carbocycles.